The fourth-order valence-electron chi connectivity index (χ4n) is 3.85. The van der Waals surface area contributed by atoms with Crippen LogP contribution in [0.3, 0.4) is 0 Å². The van der Waals surface area contributed by atoms with Gasteiger partial charge in [-0.1, -0.05) is 39.5 Å². The van der Waals surface area contributed by atoms with E-state index in [0.717, 1.165) is 24.7 Å². The van der Waals surface area contributed by atoms with Gasteiger partial charge in [-0.15, -0.1) is 0 Å². The number of aliphatic hydroxyl groups is 1. The minimum absolute atomic E-state index is 0.306. The first-order valence-electron chi connectivity index (χ1n) is 7.32. The van der Waals surface area contributed by atoms with E-state index >= 15 is 0 Å². The van der Waals surface area contributed by atoms with E-state index in [1.165, 1.54) is 44.9 Å². The first-order chi connectivity index (χ1) is 7.60. The lowest BCUT2D eigenvalue weighted by Crippen LogP contribution is -2.40. The first kappa shape index (κ1) is 12.4. The first-order valence-corrected chi connectivity index (χ1v) is 7.32. The van der Waals surface area contributed by atoms with Crippen molar-refractivity contribution in [2.75, 3.05) is 0 Å². The van der Waals surface area contributed by atoms with Crippen molar-refractivity contribution in [2.24, 2.45) is 17.8 Å². The zero-order chi connectivity index (χ0) is 11.6. The Kier molecular flexibility index (Phi) is 3.94. The van der Waals surface area contributed by atoms with E-state index in [1.807, 2.05) is 0 Å². The number of rotatable bonds is 1. The summed E-state index contributed by atoms with van der Waals surface area (Å²) in [4.78, 5) is 0. The standard InChI is InChI=1S/C15H28O/c1-12-6-4-9-15(16,10-8-12)14-7-3-5-13(2)11-14/h12-14,16H,3-11H2,1-2H3. The maximum atomic E-state index is 10.9. The van der Waals surface area contributed by atoms with Crippen LogP contribution >= 0.6 is 0 Å². The predicted octanol–water partition coefficient (Wildman–Crippen LogP) is 4.14. The average Bonchev–Trinajstić information content (AvgIpc) is 2.42. The second-order valence-corrected chi connectivity index (χ2v) is 6.61. The van der Waals surface area contributed by atoms with Gasteiger partial charge in [0.1, 0.15) is 0 Å². The molecule has 2 aliphatic carbocycles. The maximum absolute atomic E-state index is 10.9. The molecule has 0 aliphatic heterocycles. The van der Waals surface area contributed by atoms with Gasteiger partial charge < -0.3 is 5.11 Å². The molecule has 2 aliphatic rings. The molecule has 0 heterocycles. The molecule has 1 N–H and O–H groups in total. The van der Waals surface area contributed by atoms with Crippen LogP contribution in [0.2, 0.25) is 0 Å². The van der Waals surface area contributed by atoms with Crippen LogP contribution in [0.5, 0.6) is 0 Å². The smallest absolute Gasteiger partial charge is 0.0676 e. The molecule has 0 amide bonds. The fraction of sp³-hybridized carbons (Fsp3) is 1.00. The molecular weight excluding hydrogens is 196 g/mol. The van der Waals surface area contributed by atoms with Crippen molar-refractivity contribution in [3.63, 3.8) is 0 Å². The lowest BCUT2D eigenvalue weighted by atomic mass is 9.70. The van der Waals surface area contributed by atoms with Crippen molar-refractivity contribution in [2.45, 2.75) is 77.2 Å². The van der Waals surface area contributed by atoms with Crippen LogP contribution in [0, 0.1) is 17.8 Å². The third kappa shape index (κ3) is 2.80. The Bertz CT molecular complexity index is 225. The Morgan fingerprint density at radius 2 is 1.62 bits per heavy atom. The highest BCUT2D eigenvalue weighted by molar-refractivity contribution is 4.91. The Labute approximate surface area is 101 Å². The van der Waals surface area contributed by atoms with Crippen molar-refractivity contribution in [3.05, 3.63) is 0 Å². The van der Waals surface area contributed by atoms with Gasteiger partial charge in [0.2, 0.25) is 0 Å². The van der Waals surface area contributed by atoms with Crippen LogP contribution in [0.25, 0.3) is 0 Å². The molecule has 2 fully saturated rings. The van der Waals surface area contributed by atoms with Gasteiger partial charge in [0.15, 0.2) is 0 Å². The van der Waals surface area contributed by atoms with Gasteiger partial charge in [0.05, 0.1) is 5.60 Å². The molecule has 0 radical (unpaired) electrons. The third-order valence-electron chi connectivity index (χ3n) is 5.07. The van der Waals surface area contributed by atoms with Crippen molar-refractivity contribution in [1.82, 2.24) is 0 Å². The molecule has 4 atom stereocenters. The van der Waals surface area contributed by atoms with Gasteiger partial charge >= 0.3 is 0 Å². The van der Waals surface area contributed by atoms with Crippen LogP contribution in [0.4, 0.5) is 0 Å². The second-order valence-electron chi connectivity index (χ2n) is 6.61. The molecule has 0 aromatic heterocycles. The van der Waals surface area contributed by atoms with Gasteiger partial charge in [-0.2, -0.15) is 0 Å². The summed E-state index contributed by atoms with van der Waals surface area (Å²) in [5.74, 6) is 2.26. The quantitative estimate of drug-likeness (QED) is 0.664. The van der Waals surface area contributed by atoms with Crippen molar-refractivity contribution in [3.8, 4) is 0 Å². The van der Waals surface area contributed by atoms with E-state index in [-0.39, 0.29) is 5.60 Å². The Morgan fingerprint density at radius 1 is 0.875 bits per heavy atom. The highest BCUT2D eigenvalue weighted by Crippen LogP contribution is 2.43. The summed E-state index contributed by atoms with van der Waals surface area (Å²) in [5.41, 5.74) is -0.306. The summed E-state index contributed by atoms with van der Waals surface area (Å²) >= 11 is 0. The zero-order valence-corrected chi connectivity index (χ0v) is 11.0. The van der Waals surface area contributed by atoms with Crippen molar-refractivity contribution < 1.29 is 5.11 Å². The summed E-state index contributed by atoms with van der Waals surface area (Å²) in [7, 11) is 0. The Balaban J connectivity index is 1.99. The van der Waals surface area contributed by atoms with Crippen LogP contribution in [0.15, 0.2) is 0 Å². The largest absolute Gasteiger partial charge is 0.390 e. The summed E-state index contributed by atoms with van der Waals surface area (Å²) in [5, 5.41) is 10.9. The minimum Gasteiger partial charge on any atom is -0.390 e. The summed E-state index contributed by atoms with van der Waals surface area (Å²) in [6.45, 7) is 4.70. The lowest BCUT2D eigenvalue weighted by molar-refractivity contribution is -0.0524. The highest BCUT2D eigenvalue weighted by atomic mass is 16.3. The summed E-state index contributed by atoms with van der Waals surface area (Å²) in [6.07, 6.45) is 11.2. The third-order valence-corrected chi connectivity index (χ3v) is 5.07. The molecule has 0 saturated heterocycles. The molecule has 94 valence electrons. The van der Waals surface area contributed by atoms with Gasteiger partial charge in [0.25, 0.3) is 0 Å². The molecule has 4 unspecified atom stereocenters. The SMILES string of the molecule is CC1CCCC(O)(C2CCCC(C)C2)CC1. The van der Waals surface area contributed by atoms with Crippen LogP contribution in [0.1, 0.15) is 71.6 Å². The van der Waals surface area contributed by atoms with E-state index in [0.29, 0.717) is 5.92 Å². The second kappa shape index (κ2) is 5.08. The van der Waals surface area contributed by atoms with E-state index in [9.17, 15) is 5.11 Å². The zero-order valence-electron chi connectivity index (χ0n) is 11.0. The molecule has 16 heavy (non-hydrogen) atoms. The van der Waals surface area contributed by atoms with Gasteiger partial charge in [-0.25, -0.2) is 0 Å². The van der Waals surface area contributed by atoms with E-state index in [2.05, 4.69) is 13.8 Å². The molecule has 0 aromatic carbocycles. The van der Waals surface area contributed by atoms with Gasteiger partial charge in [-0.3, -0.25) is 0 Å². The van der Waals surface area contributed by atoms with Crippen molar-refractivity contribution >= 4 is 0 Å². The van der Waals surface area contributed by atoms with Crippen LogP contribution < -0.4 is 0 Å². The average molecular weight is 224 g/mol. The maximum Gasteiger partial charge on any atom is 0.0676 e. The fourth-order valence-corrected chi connectivity index (χ4v) is 3.85. The van der Waals surface area contributed by atoms with Crippen LogP contribution in [-0.2, 0) is 0 Å². The van der Waals surface area contributed by atoms with E-state index in [4.69, 9.17) is 0 Å². The molecule has 2 rings (SSSR count). The van der Waals surface area contributed by atoms with Crippen LogP contribution in [-0.4, -0.2) is 10.7 Å². The molecule has 1 nitrogen and oxygen atoms in total. The topological polar surface area (TPSA) is 20.2 Å². The van der Waals surface area contributed by atoms with Gasteiger partial charge in [0, 0.05) is 0 Å². The monoisotopic (exact) mass is 224 g/mol. The van der Waals surface area contributed by atoms with Crippen molar-refractivity contribution in [1.29, 1.82) is 0 Å². The number of hydrogen-bond acceptors (Lipinski definition) is 1. The summed E-state index contributed by atoms with van der Waals surface area (Å²) < 4.78 is 0. The van der Waals surface area contributed by atoms with E-state index < -0.39 is 0 Å². The molecule has 2 saturated carbocycles. The molecule has 0 spiro atoms. The van der Waals surface area contributed by atoms with E-state index in [1.54, 1.807) is 0 Å². The Hall–Kier alpha value is -0.0400. The Morgan fingerprint density at radius 3 is 2.38 bits per heavy atom. The lowest BCUT2D eigenvalue weighted by Gasteiger charge is -2.40. The normalized spacial score (nSPS) is 46.3. The predicted molar refractivity (Wildman–Crippen MR) is 68.3 cm³/mol. The summed E-state index contributed by atoms with van der Waals surface area (Å²) in [6, 6.07) is 0. The number of hydrogen-bond donors (Lipinski definition) is 1. The van der Waals surface area contributed by atoms with Gasteiger partial charge in [-0.05, 0) is 49.9 Å². The molecule has 1 heteroatoms. The molecule has 0 aromatic rings. The molecular formula is C15H28O. The molecule has 0 bridgehead atoms. The highest BCUT2D eigenvalue weighted by Gasteiger charge is 2.39. The minimum atomic E-state index is -0.306.